The van der Waals surface area contributed by atoms with Crippen LogP contribution in [0.4, 0.5) is 11.4 Å². The van der Waals surface area contributed by atoms with E-state index < -0.39 is 0 Å². The Balaban J connectivity index is 1.94. The number of anilines is 2. The lowest BCUT2D eigenvalue weighted by Gasteiger charge is -2.21. The first kappa shape index (κ1) is 12.2. The molecule has 2 N–H and O–H groups in total. The highest BCUT2D eigenvalue weighted by Gasteiger charge is 2.19. The average molecular weight is 252 g/mol. The summed E-state index contributed by atoms with van der Waals surface area (Å²) in [5, 5.41) is 0. The molecule has 19 heavy (non-hydrogen) atoms. The van der Waals surface area contributed by atoms with Crippen LogP contribution in [0.5, 0.6) is 0 Å². The first-order valence-corrected chi connectivity index (χ1v) is 6.94. The molecule has 2 aromatic rings. The summed E-state index contributed by atoms with van der Waals surface area (Å²) >= 11 is 0. The van der Waals surface area contributed by atoms with Crippen molar-refractivity contribution in [1.82, 2.24) is 0 Å². The van der Waals surface area contributed by atoms with E-state index in [0.29, 0.717) is 6.54 Å². The van der Waals surface area contributed by atoms with Crippen molar-refractivity contribution in [2.45, 2.75) is 19.8 Å². The summed E-state index contributed by atoms with van der Waals surface area (Å²) in [4.78, 5) is 2.41. The van der Waals surface area contributed by atoms with Gasteiger partial charge in [0.1, 0.15) is 0 Å². The Morgan fingerprint density at radius 1 is 1.16 bits per heavy atom. The standard InChI is InChI=1S/C17H20N2/c1-13-12-16(7-6-14(13)8-10-18)19-11-9-15-4-2-3-5-17(15)19/h2-7,12H,8-11,18H2,1H3. The molecule has 1 aliphatic rings. The van der Waals surface area contributed by atoms with Crippen molar-refractivity contribution >= 4 is 11.4 Å². The van der Waals surface area contributed by atoms with Crippen molar-refractivity contribution in [2.24, 2.45) is 5.73 Å². The molecule has 0 aromatic heterocycles. The van der Waals surface area contributed by atoms with Gasteiger partial charge in [0.15, 0.2) is 0 Å². The Morgan fingerprint density at radius 2 is 2.00 bits per heavy atom. The van der Waals surface area contributed by atoms with Gasteiger partial charge in [-0.25, -0.2) is 0 Å². The van der Waals surface area contributed by atoms with E-state index >= 15 is 0 Å². The summed E-state index contributed by atoms with van der Waals surface area (Å²) in [7, 11) is 0. The van der Waals surface area contributed by atoms with Crippen LogP contribution in [0.15, 0.2) is 42.5 Å². The van der Waals surface area contributed by atoms with Gasteiger partial charge in [-0.15, -0.1) is 0 Å². The zero-order chi connectivity index (χ0) is 13.2. The number of benzene rings is 2. The Kier molecular flexibility index (Phi) is 3.26. The van der Waals surface area contributed by atoms with Gasteiger partial charge in [-0.1, -0.05) is 24.3 Å². The molecule has 0 saturated carbocycles. The molecule has 0 unspecified atom stereocenters. The van der Waals surface area contributed by atoms with E-state index in [1.165, 1.54) is 28.1 Å². The molecule has 0 aliphatic carbocycles. The van der Waals surface area contributed by atoms with Crippen molar-refractivity contribution < 1.29 is 0 Å². The maximum Gasteiger partial charge on any atom is 0.0444 e. The topological polar surface area (TPSA) is 29.3 Å². The normalized spacial score (nSPS) is 13.7. The zero-order valence-electron chi connectivity index (χ0n) is 11.4. The fourth-order valence-electron chi connectivity index (χ4n) is 2.89. The summed E-state index contributed by atoms with van der Waals surface area (Å²) in [5.74, 6) is 0. The Bertz CT molecular complexity index is 590. The van der Waals surface area contributed by atoms with Gasteiger partial charge in [-0.3, -0.25) is 0 Å². The lowest BCUT2D eigenvalue weighted by molar-refractivity contribution is 0.952. The summed E-state index contributed by atoms with van der Waals surface area (Å²) in [6, 6.07) is 15.4. The van der Waals surface area contributed by atoms with Gasteiger partial charge in [0.2, 0.25) is 0 Å². The highest BCUT2D eigenvalue weighted by atomic mass is 15.2. The quantitative estimate of drug-likeness (QED) is 0.909. The number of fused-ring (bicyclic) bond motifs is 1. The van der Waals surface area contributed by atoms with Crippen LogP contribution in [0.25, 0.3) is 0 Å². The Morgan fingerprint density at radius 3 is 2.79 bits per heavy atom. The molecular weight excluding hydrogens is 232 g/mol. The molecule has 0 bridgehead atoms. The summed E-state index contributed by atoms with van der Waals surface area (Å²) in [6.07, 6.45) is 2.10. The highest BCUT2D eigenvalue weighted by molar-refractivity contribution is 5.70. The largest absolute Gasteiger partial charge is 0.341 e. The summed E-state index contributed by atoms with van der Waals surface area (Å²) in [6.45, 7) is 3.97. The number of hydrogen-bond acceptors (Lipinski definition) is 2. The fourth-order valence-corrected chi connectivity index (χ4v) is 2.89. The van der Waals surface area contributed by atoms with E-state index in [1.54, 1.807) is 0 Å². The van der Waals surface area contributed by atoms with E-state index in [4.69, 9.17) is 5.73 Å². The number of hydrogen-bond donors (Lipinski definition) is 1. The number of rotatable bonds is 3. The van der Waals surface area contributed by atoms with E-state index in [-0.39, 0.29) is 0 Å². The molecule has 0 fully saturated rings. The second-order valence-electron chi connectivity index (χ2n) is 5.18. The minimum atomic E-state index is 0.715. The van der Waals surface area contributed by atoms with Gasteiger partial charge < -0.3 is 10.6 Å². The predicted molar refractivity (Wildman–Crippen MR) is 81.1 cm³/mol. The number of nitrogens with two attached hydrogens (primary N) is 1. The first-order chi connectivity index (χ1) is 9.29. The molecule has 98 valence electrons. The first-order valence-electron chi connectivity index (χ1n) is 6.94. The third kappa shape index (κ3) is 2.24. The van der Waals surface area contributed by atoms with Gasteiger partial charge in [-0.05, 0) is 61.2 Å². The van der Waals surface area contributed by atoms with Crippen LogP contribution in [0.2, 0.25) is 0 Å². The van der Waals surface area contributed by atoms with Crippen molar-refractivity contribution in [3.05, 3.63) is 59.2 Å². The highest BCUT2D eigenvalue weighted by Crippen LogP contribution is 2.34. The number of para-hydroxylation sites is 1. The molecule has 2 heteroatoms. The summed E-state index contributed by atoms with van der Waals surface area (Å²) in [5.41, 5.74) is 12.4. The van der Waals surface area contributed by atoms with Crippen LogP contribution < -0.4 is 10.6 Å². The molecular formula is C17H20N2. The van der Waals surface area contributed by atoms with E-state index in [2.05, 4.69) is 54.3 Å². The van der Waals surface area contributed by atoms with Crippen molar-refractivity contribution in [2.75, 3.05) is 18.0 Å². The monoisotopic (exact) mass is 252 g/mol. The minimum absolute atomic E-state index is 0.715. The van der Waals surface area contributed by atoms with Crippen LogP contribution in [0.3, 0.4) is 0 Å². The van der Waals surface area contributed by atoms with Gasteiger partial charge >= 0.3 is 0 Å². The van der Waals surface area contributed by atoms with Gasteiger partial charge in [0.05, 0.1) is 0 Å². The second-order valence-corrected chi connectivity index (χ2v) is 5.18. The molecule has 2 nitrogen and oxygen atoms in total. The van der Waals surface area contributed by atoms with Crippen LogP contribution in [-0.2, 0) is 12.8 Å². The van der Waals surface area contributed by atoms with Crippen LogP contribution >= 0.6 is 0 Å². The minimum Gasteiger partial charge on any atom is -0.341 e. The molecule has 2 aromatic carbocycles. The van der Waals surface area contributed by atoms with E-state index in [1.807, 2.05) is 0 Å². The fraction of sp³-hybridized carbons (Fsp3) is 0.294. The number of nitrogens with zero attached hydrogens (tertiary/aromatic N) is 1. The molecule has 1 heterocycles. The molecule has 1 aliphatic heterocycles. The van der Waals surface area contributed by atoms with Crippen LogP contribution in [-0.4, -0.2) is 13.1 Å². The SMILES string of the molecule is Cc1cc(N2CCc3ccccc32)ccc1CCN. The van der Waals surface area contributed by atoms with E-state index in [0.717, 1.165) is 19.4 Å². The van der Waals surface area contributed by atoms with Crippen LogP contribution in [0.1, 0.15) is 16.7 Å². The maximum absolute atomic E-state index is 5.64. The van der Waals surface area contributed by atoms with E-state index in [9.17, 15) is 0 Å². The van der Waals surface area contributed by atoms with Crippen molar-refractivity contribution in [3.63, 3.8) is 0 Å². The molecule has 0 radical (unpaired) electrons. The lowest BCUT2D eigenvalue weighted by Crippen LogP contribution is -2.13. The average Bonchev–Trinajstić information content (AvgIpc) is 2.85. The van der Waals surface area contributed by atoms with Crippen LogP contribution in [0, 0.1) is 6.92 Å². The summed E-state index contributed by atoms with van der Waals surface area (Å²) < 4.78 is 0. The van der Waals surface area contributed by atoms with Gasteiger partial charge in [-0.2, -0.15) is 0 Å². The number of aryl methyl sites for hydroxylation is 1. The Hall–Kier alpha value is -1.80. The maximum atomic E-state index is 5.64. The molecule has 0 atom stereocenters. The van der Waals surface area contributed by atoms with Gasteiger partial charge in [0, 0.05) is 17.9 Å². The molecule has 0 spiro atoms. The third-order valence-electron chi connectivity index (χ3n) is 3.94. The van der Waals surface area contributed by atoms with Gasteiger partial charge in [0.25, 0.3) is 0 Å². The third-order valence-corrected chi connectivity index (χ3v) is 3.94. The van der Waals surface area contributed by atoms with Crippen molar-refractivity contribution in [3.8, 4) is 0 Å². The molecule has 0 amide bonds. The molecule has 3 rings (SSSR count). The lowest BCUT2D eigenvalue weighted by atomic mass is 10.0. The smallest absolute Gasteiger partial charge is 0.0444 e. The predicted octanol–water partition coefficient (Wildman–Crippen LogP) is 3.19. The molecule has 0 saturated heterocycles. The Labute approximate surface area is 114 Å². The second kappa shape index (κ2) is 5.06. The van der Waals surface area contributed by atoms with Crippen molar-refractivity contribution in [1.29, 1.82) is 0 Å². The zero-order valence-corrected chi connectivity index (χ0v) is 11.4.